The Bertz CT molecular complexity index is 929. The van der Waals surface area contributed by atoms with Crippen LogP contribution < -0.4 is 14.8 Å². The van der Waals surface area contributed by atoms with E-state index in [1.165, 1.54) is 5.56 Å². The number of anilines is 1. The van der Waals surface area contributed by atoms with Gasteiger partial charge in [-0.05, 0) is 41.0 Å². The highest BCUT2D eigenvalue weighted by atomic mass is 35.5. The standard InChI is InChI=1S/C20H24ClN5O2/c1-4-8-26-20(23-24-25-26)22-12-16-10-18(27-3)19(11-17(16)21)28-13-15-7-5-6-14(2)9-15/h5-7,9-11H,4,8,12-13H2,1-3H3,(H,22,23,25). The van der Waals surface area contributed by atoms with E-state index in [2.05, 4.69) is 46.8 Å². The molecule has 0 bridgehead atoms. The Labute approximate surface area is 169 Å². The molecule has 7 nitrogen and oxygen atoms in total. The fourth-order valence-corrected chi connectivity index (χ4v) is 3.04. The van der Waals surface area contributed by atoms with Gasteiger partial charge in [-0.2, -0.15) is 0 Å². The van der Waals surface area contributed by atoms with E-state index < -0.39 is 0 Å². The van der Waals surface area contributed by atoms with Gasteiger partial charge in [-0.1, -0.05) is 53.5 Å². The summed E-state index contributed by atoms with van der Waals surface area (Å²) in [5.41, 5.74) is 3.15. The van der Waals surface area contributed by atoms with E-state index in [1.807, 2.05) is 18.2 Å². The maximum atomic E-state index is 6.47. The fourth-order valence-electron chi connectivity index (χ4n) is 2.82. The van der Waals surface area contributed by atoms with Gasteiger partial charge in [0.15, 0.2) is 11.5 Å². The van der Waals surface area contributed by atoms with Crippen LogP contribution in [0, 0.1) is 6.92 Å². The Balaban J connectivity index is 1.71. The van der Waals surface area contributed by atoms with Crippen molar-refractivity contribution >= 4 is 17.5 Å². The summed E-state index contributed by atoms with van der Waals surface area (Å²) in [4.78, 5) is 0. The molecule has 0 aliphatic heterocycles. The van der Waals surface area contributed by atoms with Gasteiger partial charge in [0.2, 0.25) is 5.95 Å². The van der Waals surface area contributed by atoms with Crippen molar-refractivity contribution in [2.45, 2.75) is 40.0 Å². The number of nitrogens with one attached hydrogen (secondary N) is 1. The van der Waals surface area contributed by atoms with Crippen LogP contribution in [-0.4, -0.2) is 27.3 Å². The first-order valence-electron chi connectivity index (χ1n) is 9.15. The topological polar surface area (TPSA) is 74.1 Å². The van der Waals surface area contributed by atoms with E-state index >= 15 is 0 Å². The summed E-state index contributed by atoms with van der Waals surface area (Å²) in [6.07, 6.45) is 0.946. The van der Waals surface area contributed by atoms with Crippen molar-refractivity contribution in [2.75, 3.05) is 12.4 Å². The predicted octanol–water partition coefficient (Wildman–Crippen LogP) is 4.24. The Morgan fingerprint density at radius 3 is 2.79 bits per heavy atom. The Kier molecular flexibility index (Phi) is 6.71. The number of hydrogen-bond donors (Lipinski definition) is 1. The quantitative estimate of drug-likeness (QED) is 0.578. The zero-order chi connectivity index (χ0) is 19.9. The number of aryl methyl sites for hydroxylation is 2. The van der Waals surface area contributed by atoms with E-state index in [0.29, 0.717) is 35.6 Å². The number of tetrazole rings is 1. The number of benzene rings is 2. The van der Waals surface area contributed by atoms with E-state index in [9.17, 15) is 0 Å². The number of nitrogens with zero attached hydrogens (tertiary/aromatic N) is 4. The summed E-state index contributed by atoms with van der Waals surface area (Å²) in [6, 6.07) is 11.8. The largest absolute Gasteiger partial charge is 0.493 e. The molecule has 0 unspecified atom stereocenters. The normalized spacial score (nSPS) is 10.7. The second-order valence-corrected chi connectivity index (χ2v) is 6.86. The fraction of sp³-hybridized carbons (Fsp3) is 0.350. The van der Waals surface area contributed by atoms with E-state index in [0.717, 1.165) is 24.1 Å². The molecule has 2 aromatic carbocycles. The van der Waals surface area contributed by atoms with Crippen LogP contribution in [-0.2, 0) is 19.7 Å². The van der Waals surface area contributed by atoms with E-state index in [1.54, 1.807) is 17.9 Å². The molecule has 0 saturated carbocycles. The van der Waals surface area contributed by atoms with E-state index in [4.69, 9.17) is 21.1 Å². The van der Waals surface area contributed by atoms with Crippen LogP contribution >= 0.6 is 11.6 Å². The van der Waals surface area contributed by atoms with Gasteiger partial charge in [-0.3, -0.25) is 0 Å². The lowest BCUT2D eigenvalue weighted by Gasteiger charge is -2.14. The SMILES string of the molecule is CCCn1nnnc1NCc1cc(OC)c(OCc2cccc(C)c2)cc1Cl. The van der Waals surface area contributed by atoms with Crippen LogP contribution in [0.2, 0.25) is 5.02 Å². The Morgan fingerprint density at radius 2 is 2.04 bits per heavy atom. The van der Waals surface area contributed by atoms with Gasteiger partial charge in [-0.25, -0.2) is 4.68 Å². The summed E-state index contributed by atoms with van der Waals surface area (Å²) in [5, 5.41) is 15.5. The second kappa shape index (κ2) is 9.41. The van der Waals surface area contributed by atoms with Gasteiger partial charge in [-0.15, -0.1) is 0 Å². The molecular weight excluding hydrogens is 378 g/mol. The van der Waals surface area contributed by atoms with Crippen LogP contribution in [0.15, 0.2) is 36.4 Å². The molecule has 0 aliphatic rings. The highest BCUT2D eigenvalue weighted by Gasteiger charge is 2.12. The molecule has 0 amide bonds. The molecule has 1 aromatic heterocycles. The molecule has 1 N–H and O–H groups in total. The molecule has 1 heterocycles. The molecule has 0 aliphatic carbocycles. The van der Waals surface area contributed by atoms with Crippen LogP contribution in [0.4, 0.5) is 5.95 Å². The smallest absolute Gasteiger partial charge is 0.243 e. The summed E-state index contributed by atoms with van der Waals surface area (Å²) in [7, 11) is 1.61. The van der Waals surface area contributed by atoms with Crippen molar-refractivity contribution in [3.05, 3.63) is 58.1 Å². The van der Waals surface area contributed by atoms with Gasteiger partial charge in [0, 0.05) is 24.2 Å². The van der Waals surface area contributed by atoms with Crippen molar-refractivity contribution in [1.82, 2.24) is 20.2 Å². The molecule has 0 radical (unpaired) electrons. The molecule has 0 atom stereocenters. The summed E-state index contributed by atoms with van der Waals surface area (Å²) >= 11 is 6.47. The number of hydrogen-bond acceptors (Lipinski definition) is 6. The van der Waals surface area contributed by atoms with Gasteiger partial charge < -0.3 is 14.8 Å². The maximum Gasteiger partial charge on any atom is 0.243 e. The molecule has 3 rings (SSSR count). The van der Waals surface area contributed by atoms with Crippen molar-refractivity contribution in [3.8, 4) is 11.5 Å². The molecule has 148 valence electrons. The zero-order valence-electron chi connectivity index (χ0n) is 16.3. The summed E-state index contributed by atoms with van der Waals surface area (Å²) < 4.78 is 13.2. The lowest BCUT2D eigenvalue weighted by Crippen LogP contribution is -2.09. The highest BCUT2D eigenvalue weighted by Crippen LogP contribution is 2.34. The lowest BCUT2D eigenvalue weighted by atomic mass is 10.1. The summed E-state index contributed by atoms with van der Waals surface area (Å²) in [6.45, 7) is 5.79. The molecular formula is C20H24ClN5O2. The third-order valence-electron chi connectivity index (χ3n) is 4.21. The average molecular weight is 402 g/mol. The van der Waals surface area contributed by atoms with Gasteiger partial charge in [0.1, 0.15) is 6.61 Å². The third-order valence-corrected chi connectivity index (χ3v) is 4.57. The van der Waals surface area contributed by atoms with Crippen LogP contribution in [0.1, 0.15) is 30.0 Å². The van der Waals surface area contributed by atoms with Crippen LogP contribution in [0.3, 0.4) is 0 Å². The van der Waals surface area contributed by atoms with Crippen molar-refractivity contribution in [2.24, 2.45) is 0 Å². The predicted molar refractivity (Wildman–Crippen MR) is 109 cm³/mol. The second-order valence-electron chi connectivity index (χ2n) is 6.45. The van der Waals surface area contributed by atoms with E-state index in [-0.39, 0.29) is 0 Å². The highest BCUT2D eigenvalue weighted by molar-refractivity contribution is 6.31. The molecule has 28 heavy (non-hydrogen) atoms. The monoisotopic (exact) mass is 401 g/mol. The minimum Gasteiger partial charge on any atom is -0.493 e. The van der Waals surface area contributed by atoms with Gasteiger partial charge in [0.05, 0.1) is 7.11 Å². The van der Waals surface area contributed by atoms with Crippen LogP contribution in [0.25, 0.3) is 0 Å². The number of aromatic nitrogens is 4. The molecule has 8 heteroatoms. The molecule has 0 saturated heterocycles. The number of rotatable bonds is 9. The van der Waals surface area contributed by atoms with Gasteiger partial charge in [0.25, 0.3) is 0 Å². The van der Waals surface area contributed by atoms with Crippen molar-refractivity contribution in [3.63, 3.8) is 0 Å². The number of ether oxygens (including phenoxy) is 2. The summed E-state index contributed by atoms with van der Waals surface area (Å²) in [5.74, 6) is 1.84. The first-order chi connectivity index (χ1) is 13.6. The molecule has 0 fully saturated rings. The third kappa shape index (κ3) is 4.92. The first-order valence-corrected chi connectivity index (χ1v) is 9.53. The number of halogens is 1. The number of methoxy groups -OCH3 is 1. The molecule has 3 aromatic rings. The lowest BCUT2D eigenvalue weighted by molar-refractivity contribution is 0.284. The zero-order valence-corrected chi connectivity index (χ0v) is 17.0. The van der Waals surface area contributed by atoms with Crippen molar-refractivity contribution < 1.29 is 9.47 Å². The average Bonchev–Trinajstić information content (AvgIpc) is 3.13. The minimum atomic E-state index is 0.442. The van der Waals surface area contributed by atoms with Gasteiger partial charge >= 0.3 is 0 Å². The maximum absolute atomic E-state index is 6.47. The Hall–Kier alpha value is -2.80. The Morgan fingerprint density at radius 1 is 1.18 bits per heavy atom. The van der Waals surface area contributed by atoms with Crippen LogP contribution in [0.5, 0.6) is 11.5 Å². The molecule has 0 spiro atoms. The van der Waals surface area contributed by atoms with Crippen molar-refractivity contribution in [1.29, 1.82) is 0 Å². The minimum absolute atomic E-state index is 0.442. The first kappa shape index (κ1) is 19.9.